The highest BCUT2D eigenvalue weighted by Gasteiger charge is 2.30. The first-order valence-corrected chi connectivity index (χ1v) is 9.86. The smallest absolute Gasteiger partial charge is 0.257 e. The van der Waals surface area contributed by atoms with Crippen LogP contribution in [-0.2, 0) is 11.2 Å². The molecule has 0 saturated carbocycles. The first kappa shape index (κ1) is 17.6. The van der Waals surface area contributed by atoms with E-state index in [1.54, 1.807) is 23.3 Å². The number of fused-ring (bicyclic) bond motifs is 1. The number of aromatic nitrogens is 3. The molecule has 1 saturated heterocycles. The first-order valence-electron chi connectivity index (χ1n) is 9.86. The predicted octanol–water partition coefficient (Wildman–Crippen LogP) is 2.78. The second kappa shape index (κ2) is 7.16. The molecule has 5 rings (SSSR count). The van der Waals surface area contributed by atoms with Crippen LogP contribution >= 0.6 is 0 Å². The lowest BCUT2D eigenvalue weighted by atomic mass is 9.86. The van der Waals surface area contributed by atoms with Crippen molar-refractivity contribution < 1.29 is 9.59 Å². The first-order chi connectivity index (χ1) is 14.2. The Labute approximate surface area is 168 Å². The van der Waals surface area contributed by atoms with Crippen molar-refractivity contribution in [1.82, 2.24) is 19.7 Å². The van der Waals surface area contributed by atoms with Crippen LogP contribution in [0.3, 0.4) is 0 Å². The van der Waals surface area contributed by atoms with Gasteiger partial charge in [0.05, 0.1) is 23.9 Å². The third-order valence-electron chi connectivity index (χ3n) is 5.76. The molecule has 29 heavy (non-hydrogen) atoms. The van der Waals surface area contributed by atoms with Crippen molar-refractivity contribution in [2.75, 3.05) is 18.4 Å². The highest BCUT2D eigenvalue weighted by molar-refractivity contribution is 5.98. The molecule has 1 aromatic carbocycles. The van der Waals surface area contributed by atoms with Crippen LogP contribution in [0.5, 0.6) is 0 Å². The van der Waals surface area contributed by atoms with Gasteiger partial charge in [-0.25, -0.2) is 9.67 Å². The Morgan fingerprint density at radius 2 is 1.90 bits per heavy atom. The molecule has 0 bridgehead atoms. The molecule has 2 aliphatic heterocycles. The van der Waals surface area contributed by atoms with Crippen molar-refractivity contribution in [3.63, 3.8) is 0 Å². The third kappa shape index (κ3) is 3.29. The number of carbonyl (C=O) groups is 2. The lowest BCUT2D eigenvalue weighted by Gasteiger charge is -2.32. The molecule has 0 aliphatic carbocycles. The number of para-hydroxylation sites is 1. The van der Waals surface area contributed by atoms with E-state index < -0.39 is 0 Å². The Balaban J connectivity index is 1.27. The number of hydrogen-bond donors (Lipinski definition) is 1. The minimum atomic E-state index is 0.00277. The molecule has 7 heteroatoms. The van der Waals surface area contributed by atoms with E-state index >= 15 is 0 Å². The molecule has 0 radical (unpaired) electrons. The van der Waals surface area contributed by atoms with Gasteiger partial charge in [-0.2, -0.15) is 5.10 Å². The summed E-state index contributed by atoms with van der Waals surface area (Å²) in [6.45, 7) is 1.39. The second-order valence-electron chi connectivity index (χ2n) is 7.53. The van der Waals surface area contributed by atoms with Gasteiger partial charge >= 0.3 is 0 Å². The Bertz CT molecular complexity index is 1070. The fourth-order valence-electron chi connectivity index (χ4n) is 4.25. The fraction of sp³-hybridized carbons (Fsp3) is 0.273. The number of carbonyl (C=O) groups excluding carboxylic acids is 2. The summed E-state index contributed by atoms with van der Waals surface area (Å²) in [4.78, 5) is 30.8. The van der Waals surface area contributed by atoms with Gasteiger partial charge in [0.2, 0.25) is 5.91 Å². The van der Waals surface area contributed by atoms with Gasteiger partial charge in [0.1, 0.15) is 5.82 Å². The van der Waals surface area contributed by atoms with Crippen LogP contribution in [0.15, 0.2) is 55.0 Å². The number of benzene rings is 1. The molecule has 4 heterocycles. The van der Waals surface area contributed by atoms with Gasteiger partial charge in [0, 0.05) is 31.0 Å². The molecular weight excluding hydrogens is 366 g/mol. The SMILES string of the molecule is O=C1Cc2c(C3CCN(C(=O)c4cnn(-c5ccccc5)c4)CC3)ccnc2N1. The highest BCUT2D eigenvalue weighted by atomic mass is 16.2. The molecule has 2 aliphatic rings. The maximum atomic E-state index is 12.9. The predicted molar refractivity (Wildman–Crippen MR) is 108 cm³/mol. The van der Waals surface area contributed by atoms with Crippen molar-refractivity contribution in [2.24, 2.45) is 0 Å². The van der Waals surface area contributed by atoms with Gasteiger partial charge in [0.15, 0.2) is 0 Å². The van der Waals surface area contributed by atoms with Crippen molar-refractivity contribution in [1.29, 1.82) is 0 Å². The number of hydrogen-bond acceptors (Lipinski definition) is 4. The highest BCUT2D eigenvalue weighted by Crippen LogP contribution is 2.35. The van der Waals surface area contributed by atoms with E-state index in [2.05, 4.69) is 15.4 Å². The largest absolute Gasteiger partial charge is 0.339 e. The molecule has 1 N–H and O–H groups in total. The minimum Gasteiger partial charge on any atom is -0.339 e. The Hall–Kier alpha value is -3.48. The number of anilines is 1. The molecule has 0 atom stereocenters. The van der Waals surface area contributed by atoms with Crippen LogP contribution in [0.25, 0.3) is 5.69 Å². The monoisotopic (exact) mass is 387 g/mol. The molecule has 2 amide bonds. The number of likely N-dealkylation sites (tertiary alicyclic amines) is 1. The average molecular weight is 387 g/mol. The fourth-order valence-corrected chi connectivity index (χ4v) is 4.25. The average Bonchev–Trinajstić information content (AvgIpc) is 3.40. The van der Waals surface area contributed by atoms with Gasteiger partial charge in [-0.05, 0) is 42.5 Å². The van der Waals surface area contributed by atoms with Gasteiger partial charge in [-0.1, -0.05) is 18.2 Å². The summed E-state index contributed by atoms with van der Waals surface area (Å²) < 4.78 is 1.73. The maximum Gasteiger partial charge on any atom is 0.257 e. The lowest BCUT2D eigenvalue weighted by Crippen LogP contribution is -2.38. The van der Waals surface area contributed by atoms with Crippen LogP contribution in [0.2, 0.25) is 0 Å². The number of piperidine rings is 1. The van der Waals surface area contributed by atoms with Gasteiger partial charge in [-0.3, -0.25) is 9.59 Å². The number of nitrogens with zero attached hydrogens (tertiary/aromatic N) is 4. The van der Waals surface area contributed by atoms with E-state index in [0.29, 0.717) is 36.8 Å². The van der Waals surface area contributed by atoms with E-state index in [4.69, 9.17) is 0 Å². The number of pyridine rings is 1. The van der Waals surface area contributed by atoms with Crippen LogP contribution < -0.4 is 5.32 Å². The van der Waals surface area contributed by atoms with Gasteiger partial charge in [-0.15, -0.1) is 0 Å². The maximum absolute atomic E-state index is 12.9. The van der Waals surface area contributed by atoms with E-state index in [1.165, 1.54) is 5.56 Å². The molecule has 7 nitrogen and oxygen atoms in total. The number of rotatable bonds is 3. The molecule has 2 aromatic heterocycles. The third-order valence-corrected chi connectivity index (χ3v) is 5.76. The summed E-state index contributed by atoms with van der Waals surface area (Å²) in [5.74, 6) is 1.06. The topological polar surface area (TPSA) is 80.1 Å². The normalized spacial score (nSPS) is 16.6. The van der Waals surface area contributed by atoms with E-state index in [9.17, 15) is 9.59 Å². The van der Waals surface area contributed by atoms with E-state index in [-0.39, 0.29) is 11.8 Å². The van der Waals surface area contributed by atoms with Crippen LogP contribution in [0.4, 0.5) is 5.82 Å². The second-order valence-corrected chi connectivity index (χ2v) is 7.53. The van der Waals surface area contributed by atoms with Crippen LogP contribution in [0.1, 0.15) is 40.2 Å². The zero-order valence-corrected chi connectivity index (χ0v) is 15.9. The Morgan fingerprint density at radius 3 is 2.69 bits per heavy atom. The van der Waals surface area contributed by atoms with E-state index in [1.807, 2.05) is 41.3 Å². The summed E-state index contributed by atoms with van der Waals surface area (Å²) in [5, 5.41) is 7.15. The molecule has 1 fully saturated rings. The van der Waals surface area contributed by atoms with Crippen LogP contribution in [-0.4, -0.2) is 44.6 Å². The van der Waals surface area contributed by atoms with Crippen molar-refractivity contribution in [2.45, 2.75) is 25.2 Å². The standard InChI is InChI=1S/C22H21N5O2/c28-20-12-19-18(6-9-23-21(19)25-20)15-7-10-26(11-8-15)22(29)16-13-24-27(14-16)17-4-2-1-3-5-17/h1-6,9,13-15H,7-8,10-12H2,(H,23,25,28). The van der Waals surface area contributed by atoms with Crippen molar-refractivity contribution >= 4 is 17.6 Å². The van der Waals surface area contributed by atoms with Crippen molar-refractivity contribution in [3.8, 4) is 5.69 Å². The lowest BCUT2D eigenvalue weighted by molar-refractivity contribution is -0.115. The van der Waals surface area contributed by atoms with Crippen molar-refractivity contribution in [3.05, 3.63) is 71.7 Å². The summed E-state index contributed by atoms with van der Waals surface area (Å²) >= 11 is 0. The summed E-state index contributed by atoms with van der Waals surface area (Å²) in [6.07, 6.45) is 7.34. The molecular formula is C22H21N5O2. The van der Waals surface area contributed by atoms with E-state index in [0.717, 1.165) is 24.1 Å². The minimum absolute atomic E-state index is 0.00277. The Morgan fingerprint density at radius 1 is 1.10 bits per heavy atom. The molecule has 146 valence electrons. The molecule has 3 aromatic rings. The number of amides is 2. The van der Waals surface area contributed by atoms with Gasteiger partial charge in [0.25, 0.3) is 5.91 Å². The van der Waals surface area contributed by atoms with Crippen LogP contribution in [0, 0.1) is 0 Å². The molecule has 0 spiro atoms. The number of nitrogens with one attached hydrogen (secondary N) is 1. The summed E-state index contributed by atoms with van der Waals surface area (Å²) in [7, 11) is 0. The zero-order chi connectivity index (χ0) is 19.8. The van der Waals surface area contributed by atoms with Gasteiger partial charge < -0.3 is 10.2 Å². The quantitative estimate of drug-likeness (QED) is 0.749. The summed E-state index contributed by atoms with van der Waals surface area (Å²) in [5.41, 5.74) is 3.75. The Kier molecular flexibility index (Phi) is 4.35. The zero-order valence-electron chi connectivity index (χ0n) is 15.9. The molecule has 0 unspecified atom stereocenters. The summed E-state index contributed by atoms with van der Waals surface area (Å²) in [6, 6.07) is 11.8.